The first-order valence-electron chi connectivity index (χ1n) is 9.09. The summed E-state index contributed by atoms with van der Waals surface area (Å²) in [5.41, 5.74) is 1.05. The van der Waals surface area contributed by atoms with Gasteiger partial charge in [-0.3, -0.25) is 4.79 Å². The SMILES string of the molecule is CCCOc1ccc(C(=O)NC(C)c2cccc(S(N)(=O)=O)c2)cc1OCC. The minimum absolute atomic E-state index is 0.00200. The van der Waals surface area contributed by atoms with E-state index in [1.165, 1.54) is 12.1 Å². The molecule has 0 heterocycles. The fourth-order valence-corrected chi connectivity index (χ4v) is 3.14. The van der Waals surface area contributed by atoms with Crippen LogP contribution in [0.2, 0.25) is 0 Å². The first kappa shape index (κ1) is 21.7. The van der Waals surface area contributed by atoms with E-state index in [1.54, 1.807) is 37.3 Å². The minimum atomic E-state index is -3.81. The lowest BCUT2D eigenvalue weighted by Gasteiger charge is -2.17. The molecule has 8 heteroatoms. The molecular formula is C20H26N2O5S. The van der Waals surface area contributed by atoms with Crippen LogP contribution in [0.1, 0.15) is 49.2 Å². The third-order valence-corrected chi connectivity index (χ3v) is 4.91. The van der Waals surface area contributed by atoms with E-state index in [0.29, 0.717) is 35.8 Å². The van der Waals surface area contributed by atoms with Gasteiger partial charge in [-0.05, 0) is 56.2 Å². The maximum Gasteiger partial charge on any atom is 0.251 e. The zero-order valence-corrected chi connectivity index (χ0v) is 17.1. The van der Waals surface area contributed by atoms with Crippen molar-refractivity contribution in [1.82, 2.24) is 5.32 Å². The number of rotatable bonds is 9. The molecule has 1 unspecified atom stereocenters. The van der Waals surface area contributed by atoms with Gasteiger partial charge in [0.25, 0.3) is 5.91 Å². The fraction of sp³-hybridized carbons (Fsp3) is 0.350. The van der Waals surface area contributed by atoms with Crippen LogP contribution in [0.5, 0.6) is 11.5 Å². The van der Waals surface area contributed by atoms with Gasteiger partial charge in [-0.1, -0.05) is 19.1 Å². The van der Waals surface area contributed by atoms with E-state index in [0.717, 1.165) is 6.42 Å². The van der Waals surface area contributed by atoms with Gasteiger partial charge in [0.2, 0.25) is 10.0 Å². The number of hydrogen-bond acceptors (Lipinski definition) is 5. The zero-order chi connectivity index (χ0) is 20.7. The first-order valence-corrected chi connectivity index (χ1v) is 10.6. The van der Waals surface area contributed by atoms with E-state index in [4.69, 9.17) is 14.6 Å². The van der Waals surface area contributed by atoms with Gasteiger partial charge >= 0.3 is 0 Å². The number of sulfonamides is 1. The van der Waals surface area contributed by atoms with E-state index in [1.807, 2.05) is 13.8 Å². The summed E-state index contributed by atoms with van der Waals surface area (Å²) in [6, 6.07) is 10.8. The predicted octanol–water partition coefficient (Wildman–Crippen LogP) is 3.01. The van der Waals surface area contributed by atoms with E-state index >= 15 is 0 Å². The van der Waals surface area contributed by atoms with Crippen LogP contribution in [-0.4, -0.2) is 27.5 Å². The van der Waals surface area contributed by atoms with E-state index in [2.05, 4.69) is 5.32 Å². The molecule has 0 aliphatic heterocycles. The quantitative estimate of drug-likeness (QED) is 0.665. The van der Waals surface area contributed by atoms with Gasteiger partial charge in [-0.2, -0.15) is 0 Å². The predicted molar refractivity (Wildman–Crippen MR) is 107 cm³/mol. The highest BCUT2D eigenvalue weighted by Gasteiger charge is 2.16. The Morgan fingerprint density at radius 1 is 1.11 bits per heavy atom. The van der Waals surface area contributed by atoms with Crippen LogP contribution in [0.3, 0.4) is 0 Å². The van der Waals surface area contributed by atoms with Crippen molar-refractivity contribution in [1.29, 1.82) is 0 Å². The maximum absolute atomic E-state index is 12.6. The molecule has 0 saturated heterocycles. The first-order chi connectivity index (χ1) is 13.3. The van der Waals surface area contributed by atoms with Gasteiger partial charge in [-0.15, -0.1) is 0 Å². The van der Waals surface area contributed by atoms with Crippen molar-refractivity contribution >= 4 is 15.9 Å². The molecule has 7 nitrogen and oxygen atoms in total. The van der Waals surface area contributed by atoms with Crippen LogP contribution in [0.4, 0.5) is 0 Å². The summed E-state index contributed by atoms with van der Waals surface area (Å²) >= 11 is 0. The molecule has 1 atom stereocenters. The van der Waals surface area contributed by atoms with Crippen molar-refractivity contribution in [3.8, 4) is 11.5 Å². The lowest BCUT2D eigenvalue weighted by Crippen LogP contribution is -2.27. The molecule has 0 saturated carbocycles. The Morgan fingerprint density at radius 2 is 1.86 bits per heavy atom. The van der Waals surface area contributed by atoms with E-state index in [-0.39, 0.29) is 10.8 Å². The Balaban J connectivity index is 2.19. The van der Waals surface area contributed by atoms with Crippen molar-refractivity contribution in [2.75, 3.05) is 13.2 Å². The van der Waals surface area contributed by atoms with Crippen LogP contribution < -0.4 is 19.9 Å². The number of carbonyl (C=O) groups excluding carboxylic acids is 1. The van der Waals surface area contributed by atoms with Crippen LogP contribution in [-0.2, 0) is 10.0 Å². The second-order valence-electron chi connectivity index (χ2n) is 6.26. The van der Waals surface area contributed by atoms with Crippen LogP contribution in [0, 0.1) is 0 Å². The summed E-state index contributed by atoms with van der Waals surface area (Å²) < 4.78 is 34.3. The van der Waals surface area contributed by atoms with Crippen LogP contribution in [0.15, 0.2) is 47.4 Å². The molecule has 0 aromatic heterocycles. The van der Waals surface area contributed by atoms with Gasteiger partial charge < -0.3 is 14.8 Å². The number of nitrogens with two attached hydrogens (primary N) is 1. The average Bonchev–Trinajstić information content (AvgIpc) is 2.66. The van der Waals surface area contributed by atoms with Crippen LogP contribution >= 0.6 is 0 Å². The van der Waals surface area contributed by atoms with Crippen molar-refractivity contribution in [3.05, 3.63) is 53.6 Å². The molecule has 0 radical (unpaired) electrons. The number of hydrogen-bond donors (Lipinski definition) is 2. The molecule has 2 rings (SSSR count). The van der Waals surface area contributed by atoms with Crippen molar-refractivity contribution in [2.45, 2.75) is 38.1 Å². The highest BCUT2D eigenvalue weighted by molar-refractivity contribution is 7.89. The molecular weight excluding hydrogens is 380 g/mol. The second kappa shape index (κ2) is 9.57. The Kier molecular flexibility index (Phi) is 7.42. The lowest BCUT2D eigenvalue weighted by molar-refractivity contribution is 0.0939. The standard InChI is InChI=1S/C20H26N2O5S/c1-4-11-27-18-10-9-16(13-19(18)26-5-2)20(23)22-14(3)15-7-6-8-17(12-15)28(21,24)25/h6-10,12-14H,4-5,11H2,1-3H3,(H,22,23)(H2,21,24,25). The Labute approximate surface area is 165 Å². The summed E-state index contributed by atoms with van der Waals surface area (Å²) in [5.74, 6) is 0.790. The number of primary sulfonamides is 1. The molecule has 0 aliphatic carbocycles. The molecule has 2 aromatic rings. The van der Waals surface area contributed by atoms with Crippen molar-refractivity contribution in [2.24, 2.45) is 5.14 Å². The van der Waals surface area contributed by atoms with Crippen LogP contribution in [0.25, 0.3) is 0 Å². The monoisotopic (exact) mass is 406 g/mol. The highest BCUT2D eigenvalue weighted by Crippen LogP contribution is 2.29. The minimum Gasteiger partial charge on any atom is -0.490 e. The summed E-state index contributed by atoms with van der Waals surface area (Å²) in [5, 5.41) is 8.02. The van der Waals surface area contributed by atoms with Gasteiger partial charge in [0.05, 0.1) is 24.2 Å². The molecule has 0 fully saturated rings. The van der Waals surface area contributed by atoms with Gasteiger partial charge in [0, 0.05) is 5.56 Å². The molecule has 28 heavy (non-hydrogen) atoms. The maximum atomic E-state index is 12.6. The Morgan fingerprint density at radius 3 is 2.50 bits per heavy atom. The Bertz CT molecular complexity index is 928. The second-order valence-corrected chi connectivity index (χ2v) is 7.82. The van der Waals surface area contributed by atoms with Crippen molar-refractivity contribution < 1.29 is 22.7 Å². The summed E-state index contributed by atoms with van der Waals surface area (Å²) in [6.07, 6.45) is 0.864. The number of amides is 1. The van der Waals surface area contributed by atoms with Gasteiger partial charge in [-0.25, -0.2) is 13.6 Å². The lowest BCUT2D eigenvalue weighted by atomic mass is 10.1. The molecule has 0 spiro atoms. The van der Waals surface area contributed by atoms with Gasteiger partial charge in [0.1, 0.15) is 0 Å². The third kappa shape index (κ3) is 5.71. The summed E-state index contributed by atoms with van der Waals surface area (Å²) in [4.78, 5) is 12.6. The molecule has 3 N–H and O–H groups in total. The van der Waals surface area contributed by atoms with Gasteiger partial charge in [0.15, 0.2) is 11.5 Å². The summed E-state index contributed by atoms with van der Waals surface area (Å²) in [6.45, 7) is 6.64. The zero-order valence-electron chi connectivity index (χ0n) is 16.3. The Hall–Kier alpha value is -2.58. The highest BCUT2D eigenvalue weighted by atomic mass is 32.2. The summed E-state index contributed by atoms with van der Waals surface area (Å²) in [7, 11) is -3.81. The van der Waals surface area contributed by atoms with E-state index < -0.39 is 16.1 Å². The number of ether oxygens (including phenoxy) is 2. The molecule has 152 valence electrons. The van der Waals surface area contributed by atoms with Crippen molar-refractivity contribution in [3.63, 3.8) is 0 Å². The number of carbonyl (C=O) groups is 1. The molecule has 0 aliphatic rings. The third-order valence-electron chi connectivity index (χ3n) is 4.00. The smallest absolute Gasteiger partial charge is 0.251 e. The molecule has 1 amide bonds. The van der Waals surface area contributed by atoms with E-state index in [9.17, 15) is 13.2 Å². The average molecular weight is 407 g/mol. The topological polar surface area (TPSA) is 108 Å². The normalized spacial score (nSPS) is 12.3. The molecule has 0 bridgehead atoms. The number of nitrogens with one attached hydrogen (secondary N) is 1. The fourth-order valence-electron chi connectivity index (χ4n) is 2.57. The number of benzene rings is 2. The molecule has 2 aromatic carbocycles. The largest absolute Gasteiger partial charge is 0.490 e.